The Morgan fingerprint density at radius 1 is 1.10 bits per heavy atom. The lowest BCUT2D eigenvalue weighted by Gasteiger charge is -2.08. The van der Waals surface area contributed by atoms with E-state index in [0.29, 0.717) is 22.8 Å². The fourth-order valence-corrected chi connectivity index (χ4v) is 3.22. The predicted octanol–water partition coefficient (Wildman–Crippen LogP) is 4.44. The van der Waals surface area contributed by atoms with Gasteiger partial charge in [-0.05, 0) is 40.2 Å². The number of carbonyl (C=O) groups is 1. The largest absolute Gasteiger partial charge is 0.497 e. The summed E-state index contributed by atoms with van der Waals surface area (Å²) in [7, 11) is 3.14. The van der Waals surface area contributed by atoms with Crippen LogP contribution in [0.5, 0.6) is 11.5 Å². The fraction of sp³-hybridized carbons (Fsp3) is 0.188. The molecule has 0 saturated heterocycles. The first-order chi connectivity index (χ1) is 10.1. The number of thioether (sulfide) groups is 1. The third kappa shape index (κ3) is 4.25. The van der Waals surface area contributed by atoms with E-state index in [9.17, 15) is 4.79 Å². The molecule has 0 amide bonds. The van der Waals surface area contributed by atoms with Gasteiger partial charge in [0.1, 0.15) is 11.5 Å². The maximum Gasteiger partial charge on any atom is 0.173 e. The third-order valence-electron chi connectivity index (χ3n) is 2.87. The van der Waals surface area contributed by atoms with Crippen LogP contribution in [0.25, 0.3) is 0 Å². The number of benzene rings is 2. The maximum atomic E-state index is 12.3. The van der Waals surface area contributed by atoms with Crippen molar-refractivity contribution in [2.75, 3.05) is 20.0 Å². The summed E-state index contributed by atoms with van der Waals surface area (Å²) in [5.74, 6) is 1.62. The first-order valence-electron chi connectivity index (χ1n) is 6.27. The number of ether oxygens (including phenoxy) is 2. The lowest BCUT2D eigenvalue weighted by Crippen LogP contribution is -2.03. The minimum atomic E-state index is 0.0351. The van der Waals surface area contributed by atoms with Crippen molar-refractivity contribution in [1.29, 1.82) is 0 Å². The molecule has 2 aromatic rings. The summed E-state index contributed by atoms with van der Waals surface area (Å²) in [5, 5.41) is 0. The quantitative estimate of drug-likeness (QED) is 0.559. The molecule has 2 aromatic carbocycles. The molecule has 0 N–H and O–H groups in total. The van der Waals surface area contributed by atoms with E-state index in [1.54, 1.807) is 32.4 Å². The molecular weight excluding hydrogens is 352 g/mol. The van der Waals surface area contributed by atoms with Crippen molar-refractivity contribution in [2.45, 2.75) is 4.90 Å². The lowest BCUT2D eigenvalue weighted by atomic mass is 10.1. The SMILES string of the molecule is COc1cc(OC)cc(C(=O)CSc2ccccc2Br)c1. The topological polar surface area (TPSA) is 35.5 Å². The van der Waals surface area contributed by atoms with Crippen LogP contribution in [0.1, 0.15) is 10.4 Å². The molecule has 0 aliphatic carbocycles. The normalized spacial score (nSPS) is 10.2. The summed E-state index contributed by atoms with van der Waals surface area (Å²) in [6, 6.07) is 13.0. The molecule has 0 saturated carbocycles. The molecule has 0 aromatic heterocycles. The summed E-state index contributed by atoms with van der Waals surface area (Å²) in [5.41, 5.74) is 0.589. The van der Waals surface area contributed by atoms with E-state index >= 15 is 0 Å². The van der Waals surface area contributed by atoms with Gasteiger partial charge in [-0.2, -0.15) is 0 Å². The van der Waals surface area contributed by atoms with Gasteiger partial charge in [0.2, 0.25) is 0 Å². The van der Waals surface area contributed by atoms with Gasteiger partial charge in [0.15, 0.2) is 5.78 Å². The highest BCUT2D eigenvalue weighted by atomic mass is 79.9. The van der Waals surface area contributed by atoms with E-state index in [1.807, 2.05) is 24.3 Å². The van der Waals surface area contributed by atoms with Crippen molar-refractivity contribution in [1.82, 2.24) is 0 Å². The van der Waals surface area contributed by atoms with Crippen molar-refractivity contribution in [3.05, 3.63) is 52.5 Å². The van der Waals surface area contributed by atoms with E-state index in [-0.39, 0.29) is 5.78 Å². The molecule has 0 bridgehead atoms. The lowest BCUT2D eigenvalue weighted by molar-refractivity contribution is 0.102. The van der Waals surface area contributed by atoms with Crippen LogP contribution in [0, 0.1) is 0 Å². The van der Waals surface area contributed by atoms with Crippen molar-refractivity contribution in [3.63, 3.8) is 0 Å². The van der Waals surface area contributed by atoms with Gasteiger partial charge >= 0.3 is 0 Å². The van der Waals surface area contributed by atoms with Crippen LogP contribution in [0.4, 0.5) is 0 Å². The zero-order valence-corrected chi connectivity index (χ0v) is 14.2. The Hall–Kier alpha value is -1.46. The average Bonchev–Trinajstić information content (AvgIpc) is 2.53. The molecule has 110 valence electrons. The molecule has 0 spiro atoms. The molecular formula is C16H15BrO3S. The predicted molar refractivity (Wildman–Crippen MR) is 88.7 cm³/mol. The Morgan fingerprint density at radius 3 is 2.29 bits per heavy atom. The van der Waals surface area contributed by atoms with Gasteiger partial charge in [-0.3, -0.25) is 4.79 Å². The zero-order valence-electron chi connectivity index (χ0n) is 11.8. The second-order valence-corrected chi connectivity index (χ2v) is 6.12. The number of halogens is 1. The number of hydrogen-bond acceptors (Lipinski definition) is 4. The number of rotatable bonds is 6. The van der Waals surface area contributed by atoms with E-state index in [0.717, 1.165) is 9.37 Å². The van der Waals surface area contributed by atoms with E-state index in [4.69, 9.17) is 9.47 Å². The number of hydrogen-bond donors (Lipinski definition) is 0. The van der Waals surface area contributed by atoms with E-state index in [1.165, 1.54) is 11.8 Å². The van der Waals surface area contributed by atoms with Gasteiger partial charge in [0.25, 0.3) is 0 Å². The second kappa shape index (κ2) is 7.52. The van der Waals surface area contributed by atoms with Crippen molar-refractivity contribution in [2.24, 2.45) is 0 Å². The molecule has 0 aliphatic rings. The van der Waals surface area contributed by atoms with Gasteiger partial charge < -0.3 is 9.47 Å². The van der Waals surface area contributed by atoms with Crippen molar-refractivity contribution < 1.29 is 14.3 Å². The van der Waals surface area contributed by atoms with Crippen LogP contribution in [-0.4, -0.2) is 25.8 Å². The molecule has 0 heterocycles. The number of Topliss-reactive ketones (excluding diaryl/α,β-unsaturated/α-hetero) is 1. The Bertz CT molecular complexity index is 621. The van der Waals surface area contributed by atoms with Crippen LogP contribution < -0.4 is 9.47 Å². The first-order valence-corrected chi connectivity index (χ1v) is 8.05. The summed E-state index contributed by atoms with van der Waals surface area (Å²) < 4.78 is 11.4. The average molecular weight is 367 g/mol. The zero-order chi connectivity index (χ0) is 15.2. The molecule has 0 unspecified atom stereocenters. The minimum Gasteiger partial charge on any atom is -0.497 e. The van der Waals surface area contributed by atoms with E-state index in [2.05, 4.69) is 15.9 Å². The molecule has 0 atom stereocenters. The molecule has 0 fully saturated rings. The molecule has 0 radical (unpaired) electrons. The maximum absolute atomic E-state index is 12.3. The van der Waals surface area contributed by atoms with Gasteiger partial charge in [-0.15, -0.1) is 11.8 Å². The van der Waals surface area contributed by atoms with Crippen molar-refractivity contribution >= 4 is 33.5 Å². The molecule has 0 aliphatic heterocycles. The van der Waals surface area contributed by atoms with Gasteiger partial charge in [-0.1, -0.05) is 12.1 Å². The van der Waals surface area contributed by atoms with Crippen LogP contribution in [0.15, 0.2) is 51.8 Å². The van der Waals surface area contributed by atoms with Gasteiger partial charge in [0.05, 0.1) is 20.0 Å². The first kappa shape index (κ1) is 15.9. The van der Waals surface area contributed by atoms with Crippen LogP contribution >= 0.6 is 27.7 Å². The van der Waals surface area contributed by atoms with Gasteiger partial charge in [-0.25, -0.2) is 0 Å². The molecule has 5 heteroatoms. The Balaban J connectivity index is 2.11. The Labute approximate surface area is 136 Å². The van der Waals surface area contributed by atoms with E-state index < -0.39 is 0 Å². The monoisotopic (exact) mass is 366 g/mol. The summed E-state index contributed by atoms with van der Waals surface area (Å²) >= 11 is 4.97. The fourth-order valence-electron chi connectivity index (χ4n) is 1.76. The summed E-state index contributed by atoms with van der Waals surface area (Å²) in [6.45, 7) is 0. The summed E-state index contributed by atoms with van der Waals surface area (Å²) in [4.78, 5) is 13.4. The smallest absolute Gasteiger partial charge is 0.173 e. The molecule has 21 heavy (non-hydrogen) atoms. The number of carbonyl (C=O) groups excluding carboxylic acids is 1. The Kier molecular flexibility index (Phi) is 5.70. The minimum absolute atomic E-state index is 0.0351. The van der Waals surface area contributed by atoms with Crippen LogP contribution in [0.2, 0.25) is 0 Å². The Morgan fingerprint density at radius 2 is 1.71 bits per heavy atom. The standard InChI is InChI=1S/C16H15BrO3S/c1-19-12-7-11(8-13(9-12)20-2)15(18)10-21-16-6-4-3-5-14(16)17/h3-9H,10H2,1-2H3. The molecule has 2 rings (SSSR count). The number of ketones is 1. The second-order valence-electron chi connectivity index (χ2n) is 4.24. The number of methoxy groups -OCH3 is 2. The highest BCUT2D eigenvalue weighted by Crippen LogP contribution is 2.29. The highest BCUT2D eigenvalue weighted by Gasteiger charge is 2.11. The third-order valence-corrected chi connectivity index (χ3v) is 4.90. The van der Waals surface area contributed by atoms with Crippen LogP contribution in [-0.2, 0) is 0 Å². The van der Waals surface area contributed by atoms with Crippen molar-refractivity contribution in [3.8, 4) is 11.5 Å². The molecule has 3 nitrogen and oxygen atoms in total. The summed E-state index contributed by atoms with van der Waals surface area (Å²) in [6.07, 6.45) is 0. The van der Waals surface area contributed by atoms with Gasteiger partial charge in [0, 0.05) is 21.0 Å². The highest BCUT2D eigenvalue weighted by molar-refractivity contribution is 9.10. The van der Waals surface area contributed by atoms with Crippen LogP contribution in [0.3, 0.4) is 0 Å².